The Balaban J connectivity index is 1.73. The highest BCUT2D eigenvalue weighted by Crippen LogP contribution is 2.24. The Labute approximate surface area is 166 Å². The van der Waals surface area contributed by atoms with Crippen LogP contribution in [0.1, 0.15) is 39.5 Å². The average Bonchev–Trinajstić information content (AvgIpc) is 2.69. The number of carbonyl (C=O) groups is 1. The second kappa shape index (κ2) is 8.65. The molecule has 5 nitrogen and oxygen atoms in total. The Morgan fingerprint density at radius 2 is 1.61 bits per heavy atom. The molecule has 0 aliphatic heterocycles. The lowest BCUT2D eigenvalue weighted by atomic mass is 10.1. The lowest BCUT2D eigenvalue weighted by molar-refractivity contribution is 0.0751. The number of nitrogens with zero attached hydrogens (tertiary/aromatic N) is 3. The number of rotatable bonds is 6. The molecule has 144 valence electrons. The van der Waals surface area contributed by atoms with E-state index in [4.69, 9.17) is 0 Å². The van der Waals surface area contributed by atoms with Gasteiger partial charge in [-0.1, -0.05) is 48.0 Å². The van der Waals surface area contributed by atoms with Gasteiger partial charge in [-0.3, -0.25) is 4.79 Å². The van der Waals surface area contributed by atoms with Crippen molar-refractivity contribution in [3.05, 3.63) is 82.7 Å². The summed E-state index contributed by atoms with van der Waals surface area (Å²) in [5, 5.41) is 3.27. The lowest BCUT2D eigenvalue weighted by Gasteiger charge is -2.21. The minimum Gasteiger partial charge on any atom is -0.335 e. The highest BCUT2D eigenvalue weighted by atomic mass is 16.2. The molecule has 28 heavy (non-hydrogen) atoms. The van der Waals surface area contributed by atoms with Crippen LogP contribution in [0.5, 0.6) is 0 Å². The van der Waals surface area contributed by atoms with Crippen molar-refractivity contribution in [2.45, 2.75) is 34.2 Å². The smallest absolute Gasteiger partial charge is 0.257 e. The number of benzene rings is 2. The Bertz CT molecular complexity index is 929. The summed E-state index contributed by atoms with van der Waals surface area (Å²) < 4.78 is 0. The molecular weight excluding hydrogens is 348 g/mol. The molecule has 0 bridgehead atoms. The van der Waals surface area contributed by atoms with Crippen molar-refractivity contribution >= 4 is 17.5 Å². The third-order valence-electron chi connectivity index (χ3n) is 4.70. The van der Waals surface area contributed by atoms with E-state index in [9.17, 15) is 4.79 Å². The zero-order valence-electron chi connectivity index (χ0n) is 16.9. The zero-order chi connectivity index (χ0) is 20.1. The molecule has 3 rings (SSSR count). The van der Waals surface area contributed by atoms with E-state index in [1.165, 1.54) is 5.56 Å². The number of hydrogen-bond acceptors (Lipinski definition) is 4. The van der Waals surface area contributed by atoms with Crippen LogP contribution in [0.3, 0.4) is 0 Å². The Hall–Kier alpha value is -3.21. The van der Waals surface area contributed by atoms with Gasteiger partial charge in [0, 0.05) is 31.2 Å². The Kier molecular flexibility index (Phi) is 6.04. The first kappa shape index (κ1) is 19.5. The van der Waals surface area contributed by atoms with Crippen molar-refractivity contribution in [2.24, 2.45) is 0 Å². The van der Waals surface area contributed by atoms with Crippen LogP contribution in [0, 0.1) is 20.8 Å². The molecule has 0 spiro atoms. The van der Waals surface area contributed by atoms with Gasteiger partial charge in [-0.15, -0.1) is 0 Å². The number of anilines is 2. The molecule has 0 aliphatic carbocycles. The molecule has 0 unspecified atom stereocenters. The number of hydrogen-bond donors (Lipinski definition) is 1. The van der Waals surface area contributed by atoms with Crippen LogP contribution in [0.25, 0.3) is 0 Å². The van der Waals surface area contributed by atoms with Gasteiger partial charge < -0.3 is 10.2 Å². The fourth-order valence-corrected chi connectivity index (χ4v) is 3.31. The van der Waals surface area contributed by atoms with Gasteiger partial charge in [-0.25, -0.2) is 9.97 Å². The van der Waals surface area contributed by atoms with Crippen molar-refractivity contribution in [3.8, 4) is 0 Å². The average molecular weight is 374 g/mol. The van der Waals surface area contributed by atoms with Crippen molar-refractivity contribution in [3.63, 3.8) is 0 Å². The van der Waals surface area contributed by atoms with Gasteiger partial charge in [0.2, 0.25) is 5.95 Å². The fraction of sp³-hybridized carbons (Fsp3) is 0.261. The highest BCUT2D eigenvalue weighted by molar-refractivity contribution is 5.93. The lowest BCUT2D eigenvalue weighted by Crippen LogP contribution is -2.30. The standard InChI is InChI=1S/C23H26N4O/c1-5-27(15-19-9-7-6-8-10-19)22(28)20-13-24-23(25-14-20)26-21-17(3)11-16(2)12-18(21)4/h6-14H,5,15H2,1-4H3,(H,24,25,26). The summed E-state index contributed by atoms with van der Waals surface area (Å²) in [5.41, 5.74) is 6.09. The van der Waals surface area contributed by atoms with Crippen LogP contribution in [-0.2, 0) is 6.54 Å². The van der Waals surface area contributed by atoms with Crippen LogP contribution >= 0.6 is 0 Å². The third kappa shape index (κ3) is 4.55. The van der Waals surface area contributed by atoms with Crippen LogP contribution in [0.15, 0.2) is 54.9 Å². The van der Waals surface area contributed by atoms with Gasteiger partial charge in [0.15, 0.2) is 0 Å². The summed E-state index contributed by atoms with van der Waals surface area (Å²) in [6.07, 6.45) is 3.17. The van der Waals surface area contributed by atoms with E-state index in [2.05, 4.69) is 48.2 Å². The van der Waals surface area contributed by atoms with Crippen molar-refractivity contribution in [1.82, 2.24) is 14.9 Å². The molecule has 3 aromatic rings. The molecule has 0 atom stereocenters. The minimum absolute atomic E-state index is 0.0689. The first-order chi connectivity index (χ1) is 13.5. The van der Waals surface area contributed by atoms with Crippen LogP contribution in [0.2, 0.25) is 0 Å². The second-order valence-corrected chi connectivity index (χ2v) is 7.00. The second-order valence-electron chi connectivity index (χ2n) is 7.00. The molecule has 0 aliphatic rings. The number of aromatic nitrogens is 2. The van der Waals surface area contributed by atoms with E-state index in [0.717, 1.165) is 22.4 Å². The molecule has 0 fully saturated rings. The Morgan fingerprint density at radius 3 is 2.18 bits per heavy atom. The predicted molar refractivity (Wildman–Crippen MR) is 113 cm³/mol. The number of nitrogens with one attached hydrogen (secondary N) is 1. The summed E-state index contributed by atoms with van der Waals surface area (Å²) in [7, 11) is 0. The van der Waals surface area contributed by atoms with E-state index < -0.39 is 0 Å². The van der Waals surface area contributed by atoms with Crippen molar-refractivity contribution in [1.29, 1.82) is 0 Å². The van der Waals surface area contributed by atoms with Crippen LogP contribution in [0.4, 0.5) is 11.6 Å². The van der Waals surface area contributed by atoms with Crippen LogP contribution < -0.4 is 5.32 Å². The maximum absolute atomic E-state index is 12.8. The van der Waals surface area contributed by atoms with Crippen LogP contribution in [-0.4, -0.2) is 27.3 Å². The van der Waals surface area contributed by atoms with E-state index >= 15 is 0 Å². The van der Waals surface area contributed by atoms with Gasteiger partial charge in [-0.2, -0.15) is 0 Å². The molecule has 5 heteroatoms. The maximum atomic E-state index is 12.8. The molecule has 1 N–H and O–H groups in total. The van der Waals surface area contributed by atoms with E-state index in [1.54, 1.807) is 17.3 Å². The van der Waals surface area contributed by atoms with Gasteiger partial charge in [-0.05, 0) is 44.4 Å². The number of amides is 1. The van der Waals surface area contributed by atoms with E-state index in [0.29, 0.717) is 24.6 Å². The summed E-state index contributed by atoms with van der Waals surface area (Å²) in [6.45, 7) is 9.36. The molecule has 2 aromatic carbocycles. The summed E-state index contributed by atoms with van der Waals surface area (Å²) >= 11 is 0. The molecule has 0 radical (unpaired) electrons. The van der Waals surface area contributed by atoms with Crippen molar-refractivity contribution < 1.29 is 4.79 Å². The molecular formula is C23H26N4O. The topological polar surface area (TPSA) is 58.1 Å². The van der Waals surface area contributed by atoms with Crippen molar-refractivity contribution in [2.75, 3.05) is 11.9 Å². The first-order valence-electron chi connectivity index (χ1n) is 9.48. The van der Waals surface area contributed by atoms with Gasteiger partial charge in [0.1, 0.15) is 0 Å². The molecule has 0 saturated carbocycles. The number of aryl methyl sites for hydroxylation is 3. The highest BCUT2D eigenvalue weighted by Gasteiger charge is 2.16. The molecule has 0 saturated heterocycles. The normalized spacial score (nSPS) is 10.6. The molecule has 1 heterocycles. The molecule has 1 aromatic heterocycles. The number of carbonyl (C=O) groups excluding carboxylic acids is 1. The maximum Gasteiger partial charge on any atom is 0.257 e. The fourth-order valence-electron chi connectivity index (χ4n) is 3.31. The molecule has 1 amide bonds. The van der Waals surface area contributed by atoms with Gasteiger partial charge in [0.05, 0.1) is 5.56 Å². The zero-order valence-corrected chi connectivity index (χ0v) is 16.9. The van der Waals surface area contributed by atoms with Gasteiger partial charge >= 0.3 is 0 Å². The minimum atomic E-state index is -0.0689. The van der Waals surface area contributed by atoms with Gasteiger partial charge in [0.25, 0.3) is 5.91 Å². The summed E-state index contributed by atoms with van der Waals surface area (Å²) in [5.74, 6) is 0.415. The monoisotopic (exact) mass is 374 g/mol. The summed E-state index contributed by atoms with van der Waals surface area (Å²) in [4.78, 5) is 23.3. The first-order valence-corrected chi connectivity index (χ1v) is 9.48. The SMILES string of the molecule is CCN(Cc1ccccc1)C(=O)c1cnc(Nc2c(C)cc(C)cc2C)nc1. The summed E-state index contributed by atoms with van der Waals surface area (Å²) in [6, 6.07) is 14.2. The predicted octanol–water partition coefficient (Wildman–Crippen LogP) is 4.81. The Morgan fingerprint density at radius 1 is 1.00 bits per heavy atom. The largest absolute Gasteiger partial charge is 0.335 e. The quantitative estimate of drug-likeness (QED) is 0.673. The van der Waals surface area contributed by atoms with E-state index in [1.807, 2.05) is 37.3 Å². The van der Waals surface area contributed by atoms with E-state index in [-0.39, 0.29) is 5.91 Å². The third-order valence-corrected chi connectivity index (χ3v) is 4.70.